The average molecular weight is 362 g/mol. The van der Waals surface area contributed by atoms with Crippen molar-refractivity contribution in [1.29, 1.82) is 0 Å². The number of halogens is 1. The van der Waals surface area contributed by atoms with E-state index in [1.807, 2.05) is 13.0 Å². The van der Waals surface area contributed by atoms with Crippen LogP contribution in [0.3, 0.4) is 0 Å². The van der Waals surface area contributed by atoms with Gasteiger partial charge in [0.25, 0.3) is 0 Å². The molecule has 0 spiro atoms. The number of aromatic nitrogens is 2. The molecule has 0 saturated carbocycles. The van der Waals surface area contributed by atoms with Gasteiger partial charge in [-0.05, 0) is 37.0 Å². The number of benzene rings is 1. The lowest BCUT2D eigenvalue weighted by Crippen LogP contribution is -2.38. The summed E-state index contributed by atoms with van der Waals surface area (Å²) in [4.78, 5) is 21.8. The first kappa shape index (κ1) is 17.6. The van der Waals surface area contributed by atoms with Crippen molar-refractivity contribution in [3.05, 3.63) is 52.3 Å². The molecule has 7 heteroatoms. The van der Waals surface area contributed by atoms with Crippen molar-refractivity contribution < 1.29 is 14.6 Å². The standard InChI is InChI=1S/C18H20ClN3O3/c1-12-9-20-18(21-10-12)25-14-5-7-22(8-6-14)11-13-3-2-4-15(16(13)19)17(23)24/h2-4,9-10,14H,5-8,11H2,1H3,(H,23,24). The summed E-state index contributed by atoms with van der Waals surface area (Å²) < 4.78 is 5.83. The van der Waals surface area contributed by atoms with E-state index >= 15 is 0 Å². The fourth-order valence-electron chi connectivity index (χ4n) is 2.88. The Morgan fingerprint density at radius 3 is 2.64 bits per heavy atom. The smallest absolute Gasteiger partial charge is 0.337 e. The normalized spacial score (nSPS) is 15.9. The zero-order valence-electron chi connectivity index (χ0n) is 14.0. The first-order valence-electron chi connectivity index (χ1n) is 8.21. The summed E-state index contributed by atoms with van der Waals surface area (Å²) in [5.74, 6) is -1.00. The maximum atomic E-state index is 11.2. The molecule has 1 fully saturated rings. The molecule has 1 N–H and O–H groups in total. The number of hydrogen-bond acceptors (Lipinski definition) is 5. The van der Waals surface area contributed by atoms with Crippen LogP contribution < -0.4 is 4.74 Å². The second kappa shape index (κ2) is 7.80. The summed E-state index contributed by atoms with van der Waals surface area (Å²) in [6, 6.07) is 5.55. The van der Waals surface area contributed by atoms with E-state index in [0.717, 1.165) is 37.1 Å². The molecule has 0 unspecified atom stereocenters. The Bertz CT molecular complexity index is 744. The Morgan fingerprint density at radius 1 is 1.32 bits per heavy atom. The fraction of sp³-hybridized carbons (Fsp3) is 0.389. The van der Waals surface area contributed by atoms with E-state index in [-0.39, 0.29) is 11.7 Å². The minimum absolute atomic E-state index is 0.0970. The number of likely N-dealkylation sites (tertiary alicyclic amines) is 1. The molecule has 0 atom stereocenters. The molecular formula is C18H20ClN3O3. The predicted octanol–water partition coefficient (Wildman–Crippen LogP) is 3.18. The molecule has 132 valence electrons. The van der Waals surface area contributed by atoms with Gasteiger partial charge in [-0.2, -0.15) is 0 Å². The van der Waals surface area contributed by atoms with Gasteiger partial charge in [-0.3, -0.25) is 4.90 Å². The van der Waals surface area contributed by atoms with Gasteiger partial charge in [0.05, 0.1) is 10.6 Å². The third-order valence-electron chi connectivity index (χ3n) is 4.27. The molecule has 25 heavy (non-hydrogen) atoms. The number of carbonyl (C=O) groups is 1. The van der Waals surface area contributed by atoms with Crippen LogP contribution in [0.15, 0.2) is 30.6 Å². The van der Waals surface area contributed by atoms with Crippen molar-refractivity contribution in [3.63, 3.8) is 0 Å². The number of carboxylic acid groups (broad SMARTS) is 1. The number of ether oxygens (including phenoxy) is 1. The Labute approximate surface area is 151 Å². The molecule has 1 saturated heterocycles. The van der Waals surface area contributed by atoms with Crippen molar-refractivity contribution in [2.24, 2.45) is 0 Å². The summed E-state index contributed by atoms with van der Waals surface area (Å²) in [6.45, 7) is 4.27. The van der Waals surface area contributed by atoms with E-state index in [0.29, 0.717) is 17.6 Å². The van der Waals surface area contributed by atoms with E-state index in [4.69, 9.17) is 21.4 Å². The molecule has 1 aliphatic rings. The molecule has 1 aliphatic heterocycles. The Morgan fingerprint density at radius 2 is 2.00 bits per heavy atom. The van der Waals surface area contributed by atoms with E-state index in [1.54, 1.807) is 18.5 Å². The van der Waals surface area contributed by atoms with Crippen molar-refractivity contribution in [3.8, 4) is 6.01 Å². The van der Waals surface area contributed by atoms with Gasteiger partial charge in [-0.25, -0.2) is 14.8 Å². The van der Waals surface area contributed by atoms with E-state index in [1.165, 1.54) is 6.07 Å². The van der Waals surface area contributed by atoms with Gasteiger partial charge in [-0.1, -0.05) is 23.7 Å². The summed E-state index contributed by atoms with van der Waals surface area (Å²) in [5.41, 5.74) is 1.99. The van der Waals surface area contributed by atoms with Crippen LogP contribution in [-0.4, -0.2) is 45.1 Å². The molecule has 1 aromatic heterocycles. The fourth-order valence-corrected chi connectivity index (χ4v) is 3.15. The zero-order chi connectivity index (χ0) is 17.8. The third kappa shape index (κ3) is 4.46. The van der Waals surface area contributed by atoms with Crippen molar-refractivity contribution in [1.82, 2.24) is 14.9 Å². The van der Waals surface area contributed by atoms with E-state index in [9.17, 15) is 4.79 Å². The number of nitrogens with zero attached hydrogens (tertiary/aromatic N) is 3. The van der Waals surface area contributed by atoms with Crippen LogP contribution in [-0.2, 0) is 6.54 Å². The highest BCUT2D eigenvalue weighted by molar-refractivity contribution is 6.34. The second-order valence-corrected chi connectivity index (χ2v) is 6.60. The van der Waals surface area contributed by atoms with Crippen LogP contribution in [0.2, 0.25) is 5.02 Å². The highest BCUT2D eigenvalue weighted by atomic mass is 35.5. The molecule has 0 amide bonds. The largest absolute Gasteiger partial charge is 0.478 e. The molecular weight excluding hydrogens is 342 g/mol. The number of piperidine rings is 1. The first-order valence-corrected chi connectivity index (χ1v) is 8.59. The quantitative estimate of drug-likeness (QED) is 0.881. The number of rotatable bonds is 5. The van der Waals surface area contributed by atoms with Crippen molar-refractivity contribution in [2.45, 2.75) is 32.4 Å². The molecule has 0 bridgehead atoms. The van der Waals surface area contributed by atoms with Gasteiger partial charge in [0.2, 0.25) is 0 Å². The van der Waals surface area contributed by atoms with Crippen LogP contribution in [0.25, 0.3) is 0 Å². The molecule has 2 heterocycles. The maximum Gasteiger partial charge on any atom is 0.337 e. The highest BCUT2D eigenvalue weighted by Gasteiger charge is 2.22. The van der Waals surface area contributed by atoms with Crippen LogP contribution >= 0.6 is 11.6 Å². The number of aryl methyl sites for hydroxylation is 1. The molecule has 3 rings (SSSR count). The third-order valence-corrected chi connectivity index (χ3v) is 4.71. The van der Waals surface area contributed by atoms with Crippen LogP contribution in [0.1, 0.15) is 34.3 Å². The first-order chi connectivity index (χ1) is 12.0. The lowest BCUT2D eigenvalue weighted by Gasteiger charge is -2.31. The molecule has 0 aliphatic carbocycles. The van der Waals surface area contributed by atoms with E-state index in [2.05, 4.69) is 14.9 Å². The lowest BCUT2D eigenvalue weighted by molar-refractivity contribution is 0.0696. The van der Waals surface area contributed by atoms with Crippen molar-refractivity contribution >= 4 is 17.6 Å². The summed E-state index contributed by atoms with van der Waals surface area (Å²) in [6.07, 6.45) is 5.32. The summed E-state index contributed by atoms with van der Waals surface area (Å²) >= 11 is 6.22. The van der Waals surface area contributed by atoms with Gasteiger partial charge >= 0.3 is 12.0 Å². The number of carboxylic acids is 1. The van der Waals surface area contributed by atoms with Gasteiger partial charge in [0, 0.05) is 32.0 Å². The maximum absolute atomic E-state index is 11.2. The Balaban J connectivity index is 1.55. The van der Waals surface area contributed by atoms with Gasteiger partial charge in [-0.15, -0.1) is 0 Å². The van der Waals surface area contributed by atoms with Crippen LogP contribution in [0.5, 0.6) is 6.01 Å². The monoisotopic (exact) mass is 361 g/mol. The summed E-state index contributed by atoms with van der Waals surface area (Å²) in [5, 5.41) is 9.48. The summed E-state index contributed by atoms with van der Waals surface area (Å²) in [7, 11) is 0. The zero-order valence-corrected chi connectivity index (χ0v) is 14.7. The Hall–Kier alpha value is -2.18. The minimum atomic E-state index is -1.00. The second-order valence-electron chi connectivity index (χ2n) is 6.22. The Kier molecular flexibility index (Phi) is 5.50. The van der Waals surface area contributed by atoms with E-state index < -0.39 is 5.97 Å². The number of hydrogen-bond donors (Lipinski definition) is 1. The minimum Gasteiger partial charge on any atom is -0.478 e. The SMILES string of the molecule is Cc1cnc(OC2CCN(Cc3cccc(C(=O)O)c3Cl)CC2)nc1. The van der Waals surface area contributed by atoms with Gasteiger partial charge < -0.3 is 9.84 Å². The lowest BCUT2D eigenvalue weighted by atomic mass is 10.1. The van der Waals surface area contributed by atoms with Crippen molar-refractivity contribution in [2.75, 3.05) is 13.1 Å². The molecule has 0 radical (unpaired) electrons. The highest BCUT2D eigenvalue weighted by Crippen LogP contribution is 2.24. The average Bonchev–Trinajstić information content (AvgIpc) is 2.60. The van der Waals surface area contributed by atoms with Crippen LogP contribution in [0.4, 0.5) is 0 Å². The van der Waals surface area contributed by atoms with Crippen LogP contribution in [0, 0.1) is 6.92 Å². The molecule has 1 aromatic carbocycles. The predicted molar refractivity (Wildman–Crippen MR) is 94.1 cm³/mol. The number of aromatic carboxylic acids is 1. The topological polar surface area (TPSA) is 75.5 Å². The van der Waals surface area contributed by atoms with Gasteiger partial charge in [0.15, 0.2) is 0 Å². The molecule has 2 aromatic rings. The van der Waals surface area contributed by atoms with Gasteiger partial charge in [0.1, 0.15) is 6.10 Å². The molecule has 6 nitrogen and oxygen atoms in total.